The molecule has 0 aliphatic rings. The molecule has 1 aromatic heterocycles. The van der Waals surface area contributed by atoms with Crippen LogP contribution in [0, 0.1) is 18.3 Å². The molecule has 0 radical (unpaired) electrons. The van der Waals surface area contributed by atoms with Crippen LogP contribution in [0.5, 0.6) is 0 Å². The van der Waals surface area contributed by atoms with Gasteiger partial charge in [-0.2, -0.15) is 10.4 Å². The van der Waals surface area contributed by atoms with Crippen LogP contribution in [0.4, 0.5) is 0 Å². The maximum atomic E-state index is 11.7. The zero-order valence-corrected chi connectivity index (χ0v) is 19.5. The molecule has 172 valence electrons. The summed E-state index contributed by atoms with van der Waals surface area (Å²) in [4.78, 5) is 0.0241. The Balaban J connectivity index is 1.79. The first-order valence-electron chi connectivity index (χ1n) is 10.7. The highest BCUT2D eigenvalue weighted by molar-refractivity contribution is 7.89. The van der Waals surface area contributed by atoms with Gasteiger partial charge in [-0.1, -0.05) is 72.3 Å². The van der Waals surface area contributed by atoms with Crippen LogP contribution in [-0.4, -0.2) is 18.2 Å². The van der Waals surface area contributed by atoms with Crippen LogP contribution in [-0.2, 0) is 34.5 Å². The highest BCUT2D eigenvalue weighted by Gasteiger charge is 2.21. The number of nitriles is 1. The Bertz CT molecular complexity index is 1420. The number of hydrogen-bond donors (Lipinski definition) is 1. The van der Waals surface area contributed by atoms with E-state index in [2.05, 4.69) is 6.07 Å². The molecular formula is C26H24N4O3S. The van der Waals surface area contributed by atoms with Crippen LogP contribution in [0.2, 0.25) is 0 Å². The molecule has 0 spiro atoms. The average molecular weight is 473 g/mol. The molecule has 0 aliphatic carbocycles. The van der Waals surface area contributed by atoms with E-state index in [0.717, 1.165) is 27.9 Å². The molecule has 8 heteroatoms. The van der Waals surface area contributed by atoms with Gasteiger partial charge in [0.2, 0.25) is 10.0 Å². The average Bonchev–Trinajstić information content (AvgIpc) is 3.18. The van der Waals surface area contributed by atoms with Crippen molar-refractivity contribution in [2.75, 3.05) is 0 Å². The topological polar surface area (TPSA) is 111 Å². The third-order valence-electron chi connectivity index (χ3n) is 5.43. The van der Waals surface area contributed by atoms with Gasteiger partial charge in [-0.3, -0.25) is 4.68 Å². The van der Waals surface area contributed by atoms with Crippen LogP contribution in [0.3, 0.4) is 0 Å². The van der Waals surface area contributed by atoms with Crippen molar-refractivity contribution in [3.05, 3.63) is 95.7 Å². The summed E-state index contributed by atoms with van der Waals surface area (Å²) < 4.78 is 31.0. The normalized spacial score (nSPS) is 11.3. The number of sulfonamides is 1. The molecule has 0 saturated carbocycles. The third-order valence-corrected chi connectivity index (χ3v) is 6.35. The second-order valence-electron chi connectivity index (χ2n) is 7.90. The van der Waals surface area contributed by atoms with E-state index in [4.69, 9.17) is 15.0 Å². The molecule has 2 N–H and O–H groups in total. The number of hydrogen-bond acceptors (Lipinski definition) is 5. The maximum absolute atomic E-state index is 11.7. The number of benzene rings is 3. The number of rotatable bonds is 8. The summed E-state index contributed by atoms with van der Waals surface area (Å²) in [7, 11) is -3.81. The smallest absolute Gasteiger partial charge is 0.238 e. The molecule has 4 rings (SSSR count). The zero-order chi connectivity index (χ0) is 24.1. The van der Waals surface area contributed by atoms with Crippen LogP contribution in [0.15, 0.2) is 83.8 Å². The van der Waals surface area contributed by atoms with Gasteiger partial charge in [-0.05, 0) is 30.2 Å². The summed E-state index contributed by atoms with van der Waals surface area (Å²) in [5.74, 6) is 0. The van der Waals surface area contributed by atoms with Crippen molar-refractivity contribution in [1.82, 2.24) is 9.78 Å². The lowest BCUT2D eigenvalue weighted by molar-refractivity contribution is 0.102. The summed E-state index contributed by atoms with van der Waals surface area (Å²) in [6.45, 7) is 2.74. The predicted molar refractivity (Wildman–Crippen MR) is 130 cm³/mol. The lowest BCUT2D eigenvalue weighted by atomic mass is 9.98. The minimum atomic E-state index is -3.81. The van der Waals surface area contributed by atoms with Gasteiger partial charge in [0, 0.05) is 11.1 Å². The SMILES string of the molecule is Cc1ccc(-c2c(-c3ccc(S(N)(=O)=O)cc3)nn(CC#N)c2COCc2ccccc2)cc1. The highest BCUT2D eigenvalue weighted by Crippen LogP contribution is 2.36. The van der Waals surface area contributed by atoms with Crippen molar-refractivity contribution >= 4 is 10.0 Å². The fraction of sp³-hybridized carbons (Fsp3) is 0.154. The Labute approximate surface area is 199 Å². The largest absolute Gasteiger partial charge is 0.370 e. The Kier molecular flexibility index (Phi) is 6.89. The first-order chi connectivity index (χ1) is 16.4. The molecule has 1 heterocycles. The van der Waals surface area contributed by atoms with E-state index in [0.29, 0.717) is 17.9 Å². The Morgan fingerprint density at radius 1 is 0.941 bits per heavy atom. The number of primary sulfonamides is 1. The number of nitrogens with zero attached hydrogens (tertiary/aromatic N) is 3. The summed E-state index contributed by atoms with van der Waals surface area (Å²) in [5, 5.41) is 19.4. The van der Waals surface area contributed by atoms with Crippen LogP contribution in [0.1, 0.15) is 16.8 Å². The Morgan fingerprint density at radius 3 is 2.21 bits per heavy atom. The number of aryl methyl sites for hydroxylation is 1. The van der Waals surface area contributed by atoms with E-state index in [9.17, 15) is 13.7 Å². The minimum absolute atomic E-state index is 0.0241. The lowest BCUT2D eigenvalue weighted by Gasteiger charge is -2.10. The first-order valence-corrected chi connectivity index (χ1v) is 12.2. The van der Waals surface area contributed by atoms with Crippen LogP contribution < -0.4 is 5.14 Å². The molecule has 34 heavy (non-hydrogen) atoms. The zero-order valence-electron chi connectivity index (χ0n) is 18.7. The van der Waals surface area contributed by atoms with Crippen molar-refractivity contribution < 1.29 is 13.2 Å². The number of nitrogens with two attached hydrogens (primary N) is 1. The molecule has 0 unspecified atom stereocenters. The van der Waals surface area contributed by atoms with E-state index in [1.165, 1.54) is 12.1 Å². The summed E-state index contributed by atoms with van der Waals surface area (Å²) in [6, 6.07) is 26.3. The maximum Gasteiger partial charge on any atom is 0.238 e. The van der Waals surface area contributed by atoms with Gasteiger partial charge < -0.3 is 4.74 Å². The van der Waals surface area contributed by atoms with E-state index in [1.807, 2.05) is 61.5 Å². The molecule has 0 amide bonds. The van der Waals surface area contributed by atoms with Gasteiger partial charge in [0.1, 0.15) is 12.2 Å². The highest BCUT2D eigenvalue weighted by atomic mass is 32.2. The summed E-state index contributed by atoms with van der Waals surface area (Å²) in [5.41, 5.74) is 6.05. The summed E-state index contributed by atoms with van der Waals surface area (Å²) in [6.07, 6.45) is 0. The van der Waals surface area contributed by atoms with E-state index < -0.39 is 10.0 Å². The van der Waals surface area contributed by atoms with E-state index in [-0.39, 0.29) is 18.0 Å². The van der Waals surface area contributed by atoms with Crippen molar-refractivity contribution in [2.24, 2.45) is 5.14 Å². The Hall–Kier alpha value is -3.77. The van der Waals surface area contributed by atoms with Crippen molar-refractivity contribution in [3.8, 4) is 28.5 Å². The monoisotopic (exact) mass is 472 g/mol. The van der Waals surface area contributed by atoms with E-state index >= 15 is 0 Å². The third kappa shape index (κ3) is 5.24. The molecule has 0 saturated heterocycles. The second-order valence-corrected chi connectivity index (χ2v) is 9.46. The molecule has 3 aromatic carbocycles. The molecule has 4 aromatic rings. The second kappa shape index (κ2) is 10.0. The van der Waals surface area contributed by atoms with Gasteiger partial charge in [0.25, 0.3) is 0 Å². The molecule has 0 fully saturated rings. The van der Waals surface area contributed by atoms with Crippen LogP contribution in [0.25, 0.3) is 22.4 Å². The van der Waals surface area contributed by atoms with Gasteiger partial charge in [-0.15, -0.1) is 0 Å². The number of ether oxygens (including phenoxy) is 1. The fourth-order valence-corrected chi connectivity index (χ4v) is 4.22. The van der Waals surface area contributed by atoms with Crippen molar-refractivity contribution in [1.29, 1.82) is 5.26 Å². The van der Waals surface area contributed by atoms with Gasteiger partial charge in [0.15, 0.2) is 0 Å². The minimum Gasteiger partial charge on any atom is -0.370 e. The standard InChI is InChI=1S/C26H24N4O3S/c1-19-7-9-21(10-8-19)25-24(18-33-17-20-5-3-2-4-6-20)30(16-15-27)29-26(25)22-11-13-23(14-12-22)34(28,31)32/h2-14H,16-18H2,1H3,(H2,28,31,32). The molecule has 0 aliphatic heterocycles. The molecule has 0 bridgehead atoms. The first kappa shape index (κ1) is 23.4. The van der Waals surface area contributed by atoms with Crippen molar-refractivity contribution in [3.63, 3.8) is 0 Å². The molecular weight excluding hydrogens is 448 g/mol. The number of aromatic nitrogens is 2. The predicted octanol–water partition coefficient (Wildman–Crippen LogP) is 4.41. The Morgan fingerprint density at radius 2 is 1.59 bits per heavy atom. The molecule has 7 nitrogen and oxygen atoms in total. The molecule has 0 atom stereocenters. The lowest BCUT2D eigenvalue weighted by Crippen LogP contribution is -2.11. The quantitative estimate of drug-likeness (QED) is 0.408. The van der Waals surface area contributed by atoms with Crippen molar-refractivity contribution in [2.45, 2.75) is 31.6 Å². The van der Waals surface area contributed by atoms with Gasteiger partial charge in [0.05, 0.1) is 29.9 Å². The van der Waals surface area contributed by atoms with E-state index in [1.54, 1.807) is 16.8 Å². The van der Waals surface area contributed by atoms with Gasteiger partial charge >= 0.3 is 0 Å². The van der Waals surface area contributed by atoms with Crippen LogP contribution >= 0.6 is 0 Å². The summed E-state index contributed by atoms with van der Waals surface area (Å²) >= 11 is 0. The van der Waals surface area contributed by atoms with Gasteiger partial charge in [-0.25, -0.2) is 13.6 Å². The fourth-order valence-electron chi connectivity index (χ4n) is 3.71.